The highest BCUT2D eigenvalue weighted by molar-refractivity contribution is 5.78. The Morgan fingerprint density at radius 2 is 2.17 bits per heavy atom. The predicted octanol–water partition coefficient (Wildman–Crippen LogP) is 3.30. The molecule has 124 valence electrons. The third kappa shape index (κ3) is 3.85. The normalized spacial score (nSPS) is 17.0. The van der Waals surface area contributed by atoms with Crippen LogP contribution in [0.5, 0.6) is 0 Å². The molecular formula is C18H24N2O3. The summed E-state index contributed by atoms with van der Waals surface area (Å²) in [6.45, 7) is 2.26. The number of fused-ring (bicyclic) bond motifs is 1. The number of carbonyl (C=O) groups is 1. The number of urea groups is 1. The number of benzene rings is 1. The van der Waals surface area contributed by atoms with Gasteiger partial charge in [-0.2, -0.15) is 0 Å². The van der Waals surface area contributed by atoms with Gasteiger partial charge in [0.1, 0.15) is 11.3 Å². The second-order valence-electron chi connectivity index (χ2n) is 6.51. The first-order valence-electron chi connectivity index (χ1n) is 8.23. The van der Waals surface area contributed by atoms with Gasteiger partial charge in [-0.3, -0.25) is 0 Å². The van der Waals surface area contributed by atoms with Crippen LogP contribution in [-0.4, -0.2) is 35.7 Å². The molecule has 1 aliphatic carbocycles. The SMILES string of the molecule is C[C@H](O)CCN(C)C(=O)N[C@@H](c1cc2ccccc2o1)C1CC1. The molecule has 0 saturated heterocycles. The summed E-state index contributed by atoms with van der Waals surface area (Å²) in [5.41, 5.74) is 0.852. The molecule has 5 nitrogen and oxygen atoms in total. The lowest BCUT2D eigenvalue weighted by atomic mass is 10.1. The van der Waals surface area contributed by atoms with Crippen molar-refractivity contribution in [1.29, 1.82) is 0 Å². The van der Waals surface area contributed by atoms with Gasteiger partial charge in [-0.15, -0.1) is 0 Å². The van der Waals surface area contributed by atoms with Crippen LogP contribution in [0.15, 0.2) is 34.7 Å². The molecule has 0 bridgehead atoms. The van der Waals surface area contributed by atoms with Crippen molar-refractivity contribution >= 4 is 17.0 Å². The van der Waals surface area contributed by atoms with Crippen LogP contribution in [0.25, 0.3) is 11.0 Å². The maximum absolute atomic E-state index is 12.4. The Morgan fingerprint density at radius 1 is 1.43 bits per heavy atom. The van der Waals surface area contributed by atoms with Crippen LogP contribution in [0.2, 0.25) is 0 Å². The quantitative estimate of drug-likeness (QED) is 0.859. The smallest absolute Gasteiger partial charge is 0.317 e. The van der Waals surface area contributed by atoms with E-state index in [1.54, 1.807) is 18.9 Å². The van der Waals surface area contributed by atoms with Crippen LogP contribution in [-0.2, 0) is 0 Å². The summed E-state index contributed by atoms with van der Waals surface area (Å²) in [5.74, 6) is 1.27. The number of hydrogen-bond donors (Lipinski definition) is 2. The largest absolute Gasteiger partial charge is 0.459 e. The average molecular weight is 316 g/mol. The summed E-state index contributed by atoms with van der Waals surface area (Å²) in [7, 11) is 1.75. The van der Waals surface area contributed by atoms with Gasteiger partial charge in [0.05, 0.1) is 12.1 Å². The van der Waals surface area contributed by atoms with Gasteiger partial charge >= 0.3 is 6.03 Å². The lowest BCUT2D eigenvalue weighted by Crippen LogP contribution is -2.41. The molecule has 1 fully saturated rings. The number of furan rings is 1. The van der Waals surface area contributed by atoms with Crippen molar-refractivity contribution in [2.45, 2.75) is 38.3 Å². The van der Waals surface area contributed by atoms with Crippen LogP contribution in [0, 0.1) is 5.92 Å². The van der Waals surface area contributed by atoms with Crippen molar-refractivity contribution in [3.8, 4) is 0 Å². The summed E-state index contributed by atoms with van der Waals surface area (Å²) in [4.78, 5) is 14.0. The fraction of sp³-hybridized carbons (Fsp3) is 0.500. The Hall–Kier alpha value is -2.01. The predicted molar refractivity (Wildman–Crippen MR) is 89.1 cm³/mol. The Bertz CT molecular complexity index is 643. The third-order valence-corrected chi connectivity index (χ3v) is 4.35. The Labute approximate surface area is 136 Å². The molecule has 0 aliphatic heterocycles. The van der Waals surface area contributed by atoms with Gasteiger partial charge < -0.3 is 19.7 Å². The molecule has 1 saturated carbocycles. The monoisotopic (exact) mass is 316 g/mol. The number of amides is 2. The summed E-state index contributed by atoms with van der Waals surface area (Å²) in [6.07, 6.45) is 2.39. The standard InChI is InChI=1S/C18H24N2O3/c1-12(21)9-10-20(2)18(22)19-17(13-7-8-13)16-11-14-5-3-4-6-15(14)23-16/h3-6,11-13,17,21H,7-10H2,1-2H3,(H,19,22)/t12-,17+/m0/s1. The zero-order chi connectivity index (χ0) is 16.4. The van der Waals surface area contributed by atoms with Gasteiger partial charge in [-0.25, -0.2) is 4.79 Å². The zero-order valence-corrected chi connectivity index (χ0v) is 13.7. The second kappa shape index (κ2) is 6.62. The van der Waals surface area contributed by atoms with E-state index in [0.717, 1.165) is 29.6 Å². The Balaban J connectivity index is 1.70. The first kappa shape index (κ1) is 15.9. The van der Waals surface area contributed by atoms with E-state index in [1.807, 2.05) is 30.3 Å². The van der Waals surface area contributed by atoms with Crippen LogP contribution in [0.4, 0.5) is 4.79 Å². The van der Waals surface area contributed by atoms with Crippen molar-refractivity contribution in [3.63, 3.8) is 0 Å². The fourth-order valence-electron chi connectivity index (χ4n) is 2.73. The van der Waals surface area contributed by atoms with Crippen LogP contribution in [0.1, 0.15) is 38.0 Å². The lowest BCUT2D eigenvalue weighted by molar-refractivity contribution is 0.161. The van der Waals surface area contributed by atoms with E-state index in [9.17, 15) is 9.90 Å². The lowest BCUT2D eigenvalue weighted by Gasteiger charge is -2.23. The van der Waals surface area contributed by atoms with E-state index in [1.165, 1.54) is 0 Å². The number of nitrogens with one attached hydrogen (secondary N) is 1. The van der Waals surface area contributed by atoms with Gasteiger partial charge in [0.15, 0.2) is 0 Å². The van der Waals surface area contributed by atoms with Crippen LogP contribution >= 0.6 is 0 Å². The molecule has 0 radical (unpaired) electrons. The first-order chi connectivity index (χ1) is 11.0. The van der Waals surface area contributed by atoms with E-state index in [0.29, 0.717) is 18.9 Å². The van der Waals surface area contributed by atoms with Gasteiger partial charge in [0.25, 0.3) is 0 Å². The highest BCUT2D eigenvalue weighted by atomic mass is 16.3. The maximum Gasteiger partial charge on any atom is 0.317 e. The molecule has 1 aromatic carbocycles. The molecule has 2 amide bonds. The van der Waals surface area contributed by atoms with Gasteiger partial charge in [-0.05, 0) is 44.2 Å². The number of nitrogens with zero attached hydrogens (tertiary/aromatic N) is 1. The minimum atomic E-state index is -0.403. The van der Waals surface area contributed by atoms with Crippen molar-refractivity contribution in [2.75, 3.05) is 13.6 Å². The molecule has 0 spiro atoms. The fourth-order valence-corrected chi connectivity index (χ4v) is 2.73. The highest BCUT2D eigenvalue weighted by Crippen LogP contribution is 2.42. The maximum atomic E-state index is 12.4. The average Bonchev–Trinajstić information content (AvgIpc) is 3.27. The number of carbonyl (C=O) groups excluding carboxylic acids is 1. The van der Waals surface area contributed by atoms with Crippen molar-refractivity contribution in [2.24, 2.45) is 5.92 Å². The summed E-state index contributed by atoms with van der Waals surface area (Å²) < 4.78 is 5.94. The molecule has 1 aromatic heterocycles. The molecule has 0 unspecified atom stereocenters. The minimum Gasteiger partial charge on any atom is -0.459 e. The molecule has 2 N–H and O–H groups in total. The molecule has 23 heavy (non-hydrogen) atoms. The van der Waals surface area contributed by atoms with Crippen molar-refractivity contribution < 1.29 is 14.3 Å². The van der Waals surface area contributed by atoms with E-state index >= 15 is 0 Å². The third-order valence-electron chi connectivity index (χ3n) is 4.35. The van der Waals surface area contributed by atoms with Crippen LogP contribution < -0.4 is 5.32 Å². The topological polar surface area (TPSA) is 65.7 Å². The number of para-hydroxylation sites is 1. The first-order valence-corrected chi connectivity index (χ1v) is 8.23. The second-order valence-corrected chi connectivity index (χ2v) is 6.51. The molecule has 5 heteroatoms. The molecular weight excluding hydrogens is 292 g/mol. The van der Waals surface area contributed by atoms with Crippen molar-refractivity contribution in [1.82, 2.24) is 10.2 Å². The molecule has 2 aromatic rings. The molecule has 2 atom stereocenters. The van der Waals surface area contributed by atoms with Gasteiger partial charge in [0, 0.05) is 19.0 Å². The van der Waals surface area contributed by atoms with Crippen molar-refractivity contribution in [3.05, 3.63) is 36.1 Å². The highest BCUT2D eigenvalue weighted by Gasteiger charge is 2.36. The number of aliphatic hydroxyl groups is 1. The van der Waals surface area contributed by atoms with Gasteiger partial charge in [0.2, 0.25) is 0 Å². The zero-order valence-electron chi connectivity index (χ0n) is 13.7. The van der Waals surface area contributed by atoms with E-state index in [4.69, 9.17) is 4.42 Å². The minimum absolute atomic E-state index is 0.0797. The summed E-state index contributed by atoms with van der Waals surface area (Å²) >= 11 is 0. The van der Waals surface area contributed by atoms with E-state index < -0.39 is 6.10 Å². The van der Waals surface area contributed by atoms with Gasteiger partial charge in [-0.1, -0.05) is 18.2 Å². The number of aliphatic hydroxyl groups excluding tert-OH is 1. The molecule has 3 rings (SSSR count). The van der Waals surface area contributed by atoms with Crippen LogP contribution in [0.3, 0.4) is 0 Å². The summed E-state index contributed by atoms with van der Waals surface area (Å²) in [6, 6.07) is 9.71. The summed E-state index contributed by atoms with van der Waals surface area (Å²) in [5, 5.41) is 13.5. The Morgan fingerprint density at radius 3 is 2.83 bits per heavy atom. The number of rotatable bonds is 6. The number of hydrogen-bond acceptors (Lipinski definition) is 3. The Kier molecular flexibility index (Phi) is 4.57. The van der Waals surface area contributed by atoms with E-state index in [-0.39, 0.29) is 12.1 Å². The molecule has 1 heterocycles. The van der Waals surface area contributed by atoms with E-state index in [2.05, 4.69) is 5.32 Å². The molecule has 1 aliphatic rings.